The molecule has 2 atom stereocenters. The van der Waals surface area contributed by atoms with Crippen molar-refractivity contribution in [1.82, 2.24) is 0 Å². The standard InChI is InChI=1S/C11H18O2/c1-3-9(2)11(12)13-10-7-5-4-6-8-10/h5,7,9-10H,3-4,6,8H2,1-2H3/t9-,10-/m0/s1. The first-order chi connectivity index (χ1) is 6.24. The highest BCUT2D eigenvalue weighted by Crippen LogP contribution is 2.15. The highest BCUT2D eigenvalue weighted by molar-refractivity contribution is 5.72. The summed E-state index contributed by atoms with van der Waals surface area (Å²) in [5.41, 5.74) is 0. The van der Waals surface area contributed by atoms with E-state index in [0.717, 1.165) is 25.7 Å². The van der Waals surface area contributed by atoms with Crippen LogP contribution in [0.5, 0.6) is 0 Å². The molecule has 0 aromatic rings. The Bertz CT molecular complexity index is 196. The molecule has 0 bridgehead atoms. The number of ether oxygens (including phenoxy) is 1. The molecule has 0 heterocycles. The Morgan fingerprint density at radius 2 is 2.46 bits per heavy atom. The van der Waals surface area contributed by atoms with Gasteiger partial charge in [-0.15, -0.1) is 0 Å². The van der Waals surface area contributed by atoms with E-state index in [2.05, 4.69) is 6.08 Å². The summed E-state index contributed by atoms with van der Waals surface area (Å²) in [5, 5.41) is 0. The second kappa shape index (κ2) is 5.05. The van der Waals surface area contributed by atoms with Gasteiger partial charge in [-0.25, -0.2) is 0 Å². The maximum atomic E-state index is 11.4. The van der Waals surface area contributed by atoms with Crippen molar-refractivity contribution in [1.29, 1.82) is 0 Å². The monoisotopic (exact) mass is 182 g/mol. The third kappa shape index (κ3) is 3.21. The predicted octanol–water partition coefficient (Wildman–Crippen LogP) is 2.68. The number of carbonyl (C=O) groups is 1. The van der Waals surface area contributed by atoms with Crippen LogP contribution in [0.2, 0.25) is 0 Å². The van der Waals surface area contributed by atoms with E-state index in [1.807, 2.05) is 19.9 Å². The van der Waals surface area contributed by atoms with Gasteiger partial charge in [-0.2, -0.15) is 0 Å². The van der Waals surface area contributed by atoms with Gasteiger partial charge in [0.1, 0.15) is 6.10 Å². The summed E-state index contributed by atoms with van der Waals surface area (Å²) in [6.07, 6.45) is 8.23. The van der Waals surface area contributed by atoms with Gasteiger partial charge in [0.05, 0.1) is 5.92 Å². The molecule has 2 heteroatoms. The fourth-order valence-corrected chi connectivity index (χ4v) is 1.31. The number of allylic oxidation sites excluding steroid dienone is 1. The van der Waals surface area contributed by atoms with E-state index >= 15 is 0 Å². The second-order valence-electron chi connectivity index (χ2n) is 3.64. The van der Waals surface area contributed by atoms with E-state index in [4.69, 9.17) is 4.74 Å². The average molecular weight is 182 g/mol. The molecule has 0 saturated carbocycles. The Kier molecular flexibility index (Phi) is 4.00. The van der Waals surface area contributed by atoms with Crippen LogP contribution in [0.15, 0.2) is 12.2 Å². The molecule has 0 aromatic carbocycles. The Morgan fingerprint density at radius 3 is 3.00 bits per heavy atom. The third-order valence-corrected chi connectivity index (χ3v) is 2.49. The van der Waals surface area contributed by atoms with Crippen molar-refractivity contribution in [3.8, 4) is 0 Å². The molecule has 0 radical (unpaired) electrons. The SMILES string of the molecule is CC[C@H](C)C(=O)O[C@H]1C=CCCC1. The van der Waals surface area contributed by atoms with Crippen molar-refractivity contribution in [3.63, 3.8) is 0 Å². The second-order valence-corrected chi connectivity index (χ2v) is 3.64. The Balaban J connectivity index is 2.34. The summed E-state index contributed by atoms with van der Waals surface area (Å²) in [7, 11) is 0. The van der Waals surface area contributed by atoms with Gasteiger partial charge in [0, 0.05) is 0 Å². The molecule has 0 amide bonds. The fourth-order valence-electron chi connectivity index (χ4n) is 1.31. The van der Waals surface area contributed by atoms with Gasteiger partial charge >= 0.3 is 5.97 Å². The number of rotatable bonds is 3. The van der Waals surface area contributed by atoms with Crippen LogP contribution in [0.4, 0.5) is 0 Å². The van der Waals surface area contributed by atoms with E-state index in [1.165, 1.54) is 0 Å². The van der Waals surface area contributed by atoms with Crippen LogP contribution in [-0.4, -0.2) is 12.1 Å². The average Bonchev–Trinajstić information content (AvgIpc) is 2.18. The quantitative estimate of drug-likeness (QED) is 0.495. The molecule has 0 N–H and O–H groups in total. The Labute approximate surface area is 80.0 Å². The van der Waals surface area contributed by atoms with Crippen molar-refractivity contribution < 1.29 is 9.53 Å². The molecule has 0 spiro atoms. The van der Waals surface area contributed by atoms with Gasteiger partial charge in [-0.05, 0) is 31.8 Å². The minimum atomic E-state index is -0.0564. The summed E-state index contributed by atoms with van der Waals surface area (Å²) in [6, 6.07) is 0. The smallest absolute Gasteiger partial charge is 0.309 e. The summed E-state index contributed by atoms with van der Waals surface area (Å²) in [5.74, 6) is -0.0191. The van der Waals surface area contributed by atoms with Gasteiger partial charge in [-0.3, -0.25) is 4.79 Å². The zero-order valence-electron chi connectivity index (χ0n) is 8.45. The highest BCUT2D eigenvalue weighted by Gasteiger charge is 2.17. The lowest BCUT2D eigenvalue weighted by Crippen LogP contribution is -2.22. The maximum absolute atomic E-state index is 11.4. The molecule has 0 saturated heterocycles. The number of carbonyl (C=O) groups excluding carboxylic acids is 1. The lowest BCUT2D eigenvalue weighted by atomic mass is 10.0. The topological polar surface area (TPSA) is 26.3 Å². The molecule has 1 aliphatic rings. The van der Waals surface area contributed by atoms with Crippen molar-refractivity contribution in [2.45, 2.75) is 45.6 Å². The molecule has 1 rings (SSSR count). The first kappa shape index (κ1) is 10.3. The first-order valence-corrected chi connectivity index (χ1v) is 5.11. The van der Waals surface area contributed by atoms with Crippen molar-refractivity contribution in [3.05, 3.63) is 12.2 Å². The van der Waals surface area contributed by atoms with Crippen LogP contribution in [0.3, 0.4) is 0 Å². The highest BCUT2D eigenvalue weighted by atomic mass is 16.5. The van der Waals surface area contributed by atoms with Crippen molar-refractivity contribution >= 4 is 5.97 Å². The van der Waals surface area contributed by atoms with E-state index in [1.54, 1.807) is 0 Å². The Hall–Kier alpha value is -0.790. The number of hydrogen-bond acceptors (Lipinski definition) is 2. The summed E-state index contributed by atoms with van der Waals surface area (Å²) < 4.78 is 5.32. The van der Waals surface area contributed by atoms with Gasteiger partial charge in [0.15, 0.2) is 0 Å². The van der Waals surface area contributed by atoms with Crippen LogP contribution in [0.1, 0.15) is 39.5 Å². The maximum Gasteiger partial charge on any atom is 0.309 e. The van der Waals surface area contributed by atoms with E-state index < -0.39 is 0 Å². The molecule has 1 aliphatic carbocycles. The molecule has 74 valence electrons. The predicted molar refractivity (Wildman–Crippen MR) is 52.3 cm³/mol. The van der Waals surface area contributed by atoms with Gasteiger partial charge < -0.3 is 4.74 Å². The van der Waals surface area contributed by atoms with Crippen LogP contribution in [-0.2, 0) is 9.53 Å². The number of hydrogen-bond donors (Lipinski definition) is 0. The Morgan fingerprint density at radius 1 is 1.69 bits per heavy atom. The molecule has 0 aromatic heterocycles. The largest absolute Gasteiger partial charge is 0.458 e. The van der Waals surface area contributed by atoms with Crippen molar-refractivity contribution in [2.75, 3.05) is 0 Å². The van der Waals surface area contributed by atoms with Crippen LogP contribution in [0.25, 0.3) is 0 Å². The number of esters is 1. The minimum absolute atomic E-state index is 0.0373. The third-order valence-electron chi connectivity index (χ3n) is 2.49. The molecule has 0 unspecified atom stereocenters. The summed E-state index contributed by atoms with van der Waals surface area (Å²) in [6.45, 7) is 3.91. The summed E-state index contributed by atoms with van der Waals surface area (Å²) >= 11 is 0. The van der Waals surface area contributed by atoms with E-state index in [-0.39, 0.29) is 18.0 Å². The first-order valence-electron chi connectivity index (χ1n) is 5.11. The zero-order chi connectivity index (χ0) is 9.68. The fraction of sp³-hybridized carbons (Fsp3) is 0.727. The molecular weight excluding hydrogens is 164 g/mol. The van der Waals surface area contributed by atoms with Crippen LogP contribution >= 0.6 is 0 Å². The molecular formula is C11H18O2. The molecule has 2 nitrogen and oxygen atoms in total. The normalized spacial score (nSPS) is 24.0. The molecule has 0 aliphatic heterocycles. The van der Waals surface area contributed by atoms with Gasteiger partial charge in [0.25, 0.3) is 0 Å². The molecule has 13 heavy (non-hydrogen) atoms. The lowest BCUT2D eigenvalue weighted by molar-refractivity contribution is -0.151. The van der Waals surface area contributed by atoms with Crippen LogP contribution < -0.4 is 0 Å². The molecule has 0 fully saturated rings. The van der Waals surface area contributed by atoms with E-state index in [0.29, 0.717) is 0 Å². The lowest BCUT2D eigenvalue weighted by Gasteiger charge is -2.18. The van der Waals surface area contributed by atoms with Gasteiger partial charge in [-0.1, -0.05) is 19.9 Å². The summed E-state index contributed by atoms with van der Waals surface area (Å²) in [4.78, 5) is 11.4. The van der Waals surface area contributed by atoms with Gasteiger partial charge in [0.2, 0.25) is 0 Å². The van der Waals surface area contributed by atoms with Crippen molar-refractivity contribution in [2.24, 2.45) is 5.92 Å². The van der Waals surface area contributed by atoms with E-state index in [9.17, 15) is 4.79 Å². The minimum Gasteiger partial charge on any atom is -0.458 e. The van der Waals surface area contributed by atoms with Crippen LogP contribution in [0, 0.1) is 5.92 Å². The zero-order valence-corrected chi connectivity index (χ0v) is 8.45.